The molecule has 0 radical (unpaired) electrons. The molecule has 4 N–H and O–H groups in total. The Hall–Kier alpha value is -3.00. The van der Waals surface area contributed by atoms with Gasteiger partial charge in [0.05, 0.1) is 23.6 Å². The summed E-state index contributed by atoms with van der Waals surface area (Å²) in [6, 6.07) is 4.75. The molecule has 0 atom stereocenters. The second-order valence-corrected chi connectivity index (χ2v) is 6.24. The third-order valence-electron chi connectivity index (χ3n) is 4.02. The van der Waals surface area contributed by atoms with Gasteiger partial charge >= 0.3 is 0 Å². The maximum Gasteiger partial charge on any atom is 0.271 e. The van der Waals surface area contributed by atoms with E-state index < -0.39 is 11.7 Å². The van der Waals surface area contributed by atoms with E-state index in [4.69, 9.17) is 10.8 Å². The molecule has 3 aromatic rings. The van der Waals surface area contributed by atoms with Gasteiger partial charge in [-0.2, -0.15) is 0 Å². The quantitative estimate of drug-likeness (QED) is 0.625. The summed E-state index contributed by atoms with van der Waals surface area (Å²) in [6.07, 6.45) is 7.07. The number of primary amides is 1. The maximum absolute atomic E-state index is 14.0. The number of hydrogen-bond acceptors (Lipinski definition) is 5. The number of imidazole rings is 1. The van der Waals surface area contributed by atoms with Crippen LogP contribution < -0.4 is 11.1 Å². The zero-order valence-electron chi connectivity index (χ0n) is 16.3. The number of aliphatic hydroxyl groups is 1. The molecule has 1 aliphatic rings. The van der Waals surface area contributed by atoms with E-state index >= 15 is 0 Å². The van der Waals surface area contributed by atoms with Crippen molar-refractivity contribution in [3.05, 3.63) is 54.0 Å². The van der Waals surface area contributed by atoms with Crippen molar-refractivity contribution in [2.75, 3.05) is 11.9 Å². The molecule has 1 aliphatic carbocycles. The van der Waals surface area contributed by atoms with Crippen LogP contribution in [0.1, 0.15) is 45.6 Å². The first-order valence-electron chi connectivity index (χ1n) is 9.24. The predicted octanol–water partition coefficient (Wildman–Crippen LogP) is 3.93. The van der Waals surface area contributed by atoms with Crippen LogP contribution >= 0.6 is 0 Å². The number of halogens is 1. The van der Waals surface area contributed by atoms with Gasteiger partial charge in [0.25, 0.3) is 5.91 Å². The fourth-order valence-corrected chi connectivity index (χ4v) is 2.34. The monoisotopic (exact) mass is 391 g/mol. The summed E-state index contributed by atoms with van der Waals surface area (Å²) in [5.41, 5.74) is 7.02. The molecule has 7 nitrogen and oxygen atoms in total. The van der Waals surface area contributed by atoms with Crippen molar-refractivity contribution in [2.45, 2.75) is 33.6 Å². The number of hydrogen-bond donors (Lipinski definition) is 3. The number of aryl methyl sites for hydroxylation is 1. The average Bonchev–Trinajstić information content (AvgIpc) is 3.41. The van der Waals surface area contributed by atoms with E-state index in [9.17, 15) is 9.18 Å². The topological polar surface area (TPSA) is 106 Å². The Kier molecular flexibility index (Phi) is 7.45. The standard InChI is InChI=1S/C14H12FN5O.C4H8O.C2H6.2H2/c1-8-2-3-11(10(15)4-8)19-14-12(13(16)21)18-6-9-5-17-7-20(9)14;5-3-4-1-2-4;1-2;;/h2-7,19H,1H3,(H2,16,21);4-5H,1-3H2;1-2H3;2*1H. The Morgan fingerprint density at radius 3 is 2.64 bits per heavy atom. The van der Waals surface area contributed by atoms with E-state index in [1.54, 1.807) is 29.7 Å². The molecule has 0 unspecified atom stereocenters. The zero-order valence-corrected chi connectivity index (χ0v) is 16.3. The molecule has 0 saturated heterocycles. The molecule has 1 aromatic carbocycles. The molecule has 4 rings (SSSR count). The van der Waals surface area contributed by atoms with Gasteiger partial charge in [-0.05, 0) is 43.4 Å². The number of carbonyl (C=O) groups excluding carboxylic acids is 1. The predicted molar refractivity (Wildman–Crippen MR) is 111 cm³/mol. The van der Waals surface area contributed by atoms with Gasteiger partial charge in [-0.1, -0.05) is 19.9 Å². The lowest BCUT2D eigenvalue weighted by molar-refractivity contribution is 0.0996. The minimum atomic E-state index is -0.708. The summed E-state index contributed by atoms with van der Waals surface area (Å²) in [6.45, 7) is 6.21. The van der Waals surface area contributed by atoms with Crippen LogP contribution in [0.4, 0.5) is 15.9 Å². The number of carbonyl (C=O) groups is 1. The number of nitrogens with zero attached hydrogens (tertiary/aromatic N) is 3. The molecule has 154 valence electrons. The number of nitrogens with one attached hydrogen (secondary N) is 1. The fraction of sp³-hybridized carbons (Fsp3) is 0.350. The minimum Gasteiger partial charge on any atom is -0.396 e. The van der Waals surface area contributed by atoms with Crippen LogP contribution in [0, 0.1) is 18.7 Å². The van der Waals surface area contributed by atoms with Gasteiger partial charge in [0.1, 0.15) is 18.0 Å². The number of fused-ring (bicyclic) bond motifs is 1. The van der Waals surface area contributed by atoms with Crippen LogP contribution in [0.3, 0.4) is 0 Å². The van der Waals surface area contributed by atoms with E-state index in [0.717, 1.165) is 5.56 Å². The molecule has 8 heteroatoms. The van der Waals surface area contributed by atoms with Crippen molar-refractivity contribution in [1.29, 1.82) is 0 Å². The maximum atomic E-state index is 14.0. The number of anilines is 2. The summed E-state index contributed by atoms with van der Waals surface area (Å²) in [4.78, 5) is 19.5. The Bertz CT molecular complexity index is 948. The SMILES string of the molecule is CC.Cc1ccc(Nc2c(C(N)=O)ncc3cncn23)c(F)c1.OCC1CC1.[HH].[HH]. The van der Waals surface area contributed by atoms with Crippen LogP contribution in [0.5, 0.6) is 0 Å². The molecule has 2 heterocycles. The lowest BCUT2D eigenvalue weighted by atomic mass is 10.2. The number of amides is 1. The number of aromatic nitrogens is 3. The third kappa shape index (κ3) is 5.26. The molecule has 0 aliphatic heterocycles. The van der Waals surface area contributed by atoms with Gasteiger partial charge < -0.3 is 16.2 Å². The number of rotatable bonds is 4. The summed E-state index contributed by atoms with van der Waals surface area (Å²) >= 11 is 0. The van der Waals surface area contributed by atoms with E-state index in [-0.39, 0.29) is 20.1 Å². The largest absolute Gasteiger partial charge is 0.396 e. The van der Waals surface area contributed by atoms with E-state index in [1.165, 1.54) is 31.4 Å². The molecule has 1 saturated carbocycles. The van der Waals surface area contributed by atoms with Crippen molar-refractivity contribution < 1.29 is 17.1 Å². The van der Waals surface area contributed by atoms with Crippen molar-refractivity contribution in [3.63, 3.8) is 0 Å². The van der Waals surface area contributed by atoms with Crippen LogP contribution in [-0.4, -0.2) is 32.0 Å². The summed E-state index contributed by atoms with van der Waals surface area (Å²) in [5, 5.41) is 11.1. The Balaban J connectivity index is 0.000000809. The summed E-state index contributed by atoms with van der Waals surface area (Å²) < 4.78 is 15.6. The first-order valence-corrected chi connectivity index (χ1v) is 9.24. The van der Waals surface area contributed by atoms with Crippen LogP contribution in [0.2, 0.25) is 0 Å². The fourth-order valence-electron chi connectivity index (χ4n) is 2.34. The average molecular weight is 391 g/mol. The van der Waals surface area contributed by atoms with Crippen LogP contribution in [0.15, 0.2) is 36.9 Å². The molecule has 0 bridgehead atoms. The second kappa shape index (κ2) is 9.80. The molecule has 28 heavy (non-hydrogen) atoms. The van der Waals surface area contributed by atoms with E-state index in [0.29, 0.717) is 18.0 Å². The molecule has 1 amide bonds. The normalized spacial score (nSPS) is 12.5. The number of aliphatic hydroxyl groups excluding tert-OH is 1. The molecular weight excluding hydrogens is 361 g/mol. The first kappa shape index (κ1) is 21.3. The Morgan fingerprint density at radius 2 is 2.11 bits per heavy atom. The van der Waals surface area contributed by atoms with Gasteiger partial charge in [0.2, 0.25) is 0 Å². The van der Waals surface area contributed by atoms with E-state index in [2.05, 4.69) is 15.3 Å². The van der Waals surface area contributed by atoms with Crippen LogP contribution in [0.25, 0.3) is 5.52 Å². The molecule has 2 aromatic heterocycles. The van der Waals surface area contributed by atoms with Gasteiger partial charge in [-0.25, -0.2) is 14.4 Å². The summed E-state index contributed by atoms with van der Waals surface area (Å²) in [5.74, 6) is -0.168. The highest BCUT2D eigenvalue weighted by atomic mass is 19.1. The molecule has 1 fully saturated rings. The summed E-state index contributed by atoms with van der Waals surface area (Å²) in [7, 11) is 0. The van der Waals surface area contributed by atoms with Crippen molar-refractivity contribution in [2.24, 2.45) is 11.7 Å². The zero-order chi connectivity index (χ0) is 20.7. The van der Waals surface area contributed by atoms with Gasteiger partial charge in [0, 0.05) is 9.46 Å². The Labute approximate surface area is 166 Å². The van der Waals surface area contributed by atoms with Crippen molar-refractivity contribution in [3.8, 4) is 0 Å². The second-order valence-electron chi connectivity index (χ2n) is 6.24. The van der Waals surface area contributed by atoms with E-state index in [1.807, 2.05) is 13.8 Å². The lowest BCUT2D eigenvalue weighted by Gasteiger charge is -2.12. The smallest absolute Gasteiger partial charge is 0.271 e. The lowest BCUT2D eigenvalue weighted by Crippen LogP contribution is -2.17. The third-order valence-corrected chi connectivity index (χ3v) is 4.02. The van der Waals surface area contributed by atoms with Gasteiger partial charge in [-0.15, -0.1) is 0 Å². The number of nitrogens with two attached hydrogens (primary N) is 1. The minimum absolute atomic E-state index is 0. The first-order chi connectivity index (χ1) is 13.5. The molecular formula is C20H30FN5O2. The number of benzene rings is 1. The molecule has 0 spiro atoms. The van der Waals surface area contributed by atoms with Crippen molar-refractivity contribution in [1.82, 2.24) is 14.4 Å². The van der Waals surface area contributed by atoms with Gasteiger partial charge in [-0.3, -0.25) is 9.20 Å². The van der Waals surface area contributed by atoms with Crippen molar-refractivity contribution >= 4 is 22.9 Å². The highest BCUT2D eigenvalue weighted by molar-refractivity contribution is 5.96. The Morgan fingerprint density at radius 1 is 1.39 bits per heavy atom. The highest BCUT2D eigenvalue weighted by Gasteiger charge is 2.18. The highest BCUT2D eigenvalue weighted by Crippen LogP contribution is 2.27. The van der Waals surface area contributed by atoms with Crippen LogP contribution in [-0.2, 0) is 0 Å². The van der Waals surface area contributed by atoms with Gasteiger partial charge in [0.15, 0.2) is 5.69 Å².